The number of rotatable bonds is 7. The Bertz CT molecular complexity index is 388. The Morgan fingerprint density at radius 3 is 2.42 bits per heavy atom. The zero-order valence-corrected chi connectivity index (χ0v) is 12.8. The van der Waals surface area contributed by atoms with Gasteiger partial charge in [0, 0.05) is 19.1 Å². The number of hydrogen-bond acceptors (Lipinski definition) is 2. The zero-order valence-electron chi connectivity index (χ0n) is 12.8. The van der Waals surface area contributed by atoms with Gasteiger partial charge in [0.1, 0.15) is 5.82 Å². The van der Waals surface area contributed by atoms with Crippen LogP contribution in [0.15, 0.2) is 18.2 Å². The smallest absolute Gasteiger partial charge is 0.146 e. The number of nitrogens with zero attached hydrogens (tertiary/aromatic N) is 1. The van der Waals surface area contributed by atoms with Crippen LogP contribution in [0.25, 0.3) is 0 Å². The summed E-state index contributed by atoms with van der Waals surface area (Å²) in [4.78, 5) is 2.11. The Labute approximate surface area is 117 Å². The number of para-hydroxylation sites is 1. The Balaban J connectivity index is 2.94. The fourth-order valence-electron chi connectivity index (χ4n) is 2.30. The van der Waals surface area contributed by atoms with Gasteiger partial charge in [-0.3, -0.25) is 0 Å². The number of hydrogen-bond donors (Lipinski definition) is 1. The van der Waals surface area contributed by atoms with Crippen LogP contribution in [0.2, 0.25) is 0 Å². The molecule has 2 nitrogen and oxygen atoms in total. The second-order valence-electron chi connectivity index (χ2n) is 5.65. The standard InChI is InChI=1S/C16H27FN2/c1-6-19(13(4)5)16-14(8-7-9-15(16)17)11-18-10-12(2)3/h7-9,12-13,18H,6,10-11H2,1-5H3. The van der Waals surface area contributed by atoms with Gasteiger partial charge in [-0.25, -0.2) is 4.39 Å². The molecule has 0 aliphatic rings. The summed E-state index contributed by atoms with van der Waals surface area (Å²) in [6.45, 7) is 13.1. The second kappa shape index (κ2) is 7.49. The minimum absolute atomic E-state index is 0.126. The summed E-state index contributed by atoms with van der Waals surface area (Å²) in [7, 11) is 0. The Kier molecular flexibility index (Phi) is 6.29. The highest BCUT2D eigenvalue weighted by molar-refractivity contribution is 5.55. The van der Waals surface area contributed by atoms with Gasteiger partial charge in [0.05, 0.1) is 5.69 Å². The molecule has 0 amide bonds. The van der Waals surface area contributed by atoms with Gasteiger partial charge < -0.3 is 10.2 Å². The van der Waals surface area contributed by atoms with Gasteiger partial charge in [0.15, 0.2) is 0 Å². The van der Waals surface area contributed by atoms with E-state index in [1.807, 2.05) is 6.07 Å². The quantitative estimate of drug-likeness (QED) is 0.807. The van der Waals surface area contributed by atoms with Crippen LogP contribution in [0.3, 0.4) is 0 Å². The van der Waals surface area contributed by atoms with Crippen molar-refractivity contribution in [3.8, 4) is 0 Å². The van der Waals surface area contributed by atoms with Crippen LogP contribution in [0.5, 0.6) is 0 Å². The molecule has 0 spiro atoms. The monoisotopic (exact) mass is 266 g/mol. The lowest BCUT2D eigenvalue weighted by Crippen LogP contribution is -2.33. The van der Waals surface area contributed by atoms with Crippen molar-refractivity contribution in [2.45, 2.75) is 47.2 Å². The fraction of sp³-hybridized carbons (Fsp3) is 0.625. The molecule has 3 heteroatoms. The lowest BCUT2D eigenvalue weighted by atomic mass is 10.1. The molecule has 0 atom stereocenters. The van der Waals surface area contributed by atoms with Crippen molar-refractivity contribution in [1.29, 1.82) is 0 Å². The molecule has 0 radical (unpaired) electrons. The lowest BCUT2D eigenvalue weighted by Gasteiger charge is -2.30. The third-order valence-corrected chi connectivity index (χ3v) is 3.19. The van der Waals surface area contributed by atoms with Gasteiger partial charge >= 0.3 is 0 Å². The van der Waals surface area contributed by atoms with Gasteiger partial charge in [0.25, 0.3) is 0 Å². The topological polar surface area (TPSA) is 15.3 Å². The molecule has 0 bridgehead atoms. The third-order valence-electron chi connectivity index (χ3n) is 3.19. The number of nitrogens with one attached hydrogen (secondary N) is 1. The van der Waals surface area contributed by atoms with Gasteiger partial charge in [-0.05, 0) is 44.9 Å². The molecular weight excluding hydrogens is 239 g/mol. The molecule has 0 unspecified atom stereocenters. The third kappa shape index (κ3) is 4.50. The first-order valence-electron chi connectivity index (χ1n) is 7.22. The van der Waals surface area contributed by atoms with E-state index in [-0.39, 0.29) is 5.82 Å². The highest BCUT2D eigenvalue weighted by Crippen LogP contribution is 2.26. The molecule has 0 aliphatic carbocycles. The molecule has 0 heterocycles. The summed E-state index contributed by atoms with van der Waals surface area (Å²) in [5.41, 5.74) is 1.78. The highest BCUT2D eigenvalue weighted by Gasteiger charge is 2.17. The molecule has 1 N–H and O–H groups in total. The second-order valence-corrected chi connectivity index (χ2v) is 5.65. The van der Waals surface area contributed by atoms with E-state index in [4.69, 9.17) is 0 Å². The van der Waals surface area contributed by atoms with E-state index in [1.165, 1.54) is 0 Å². The molecule has 0 aliphatic heterocycles. The van der Waals surface area contributed by atoms with Crippen molar-refractivity contribution in [2.75, 3.05) is 18.0 Å². The number of anilines is 1. The van der Waals surface area contributed by atoms with E-state index in [0.29, 0.717) is 18.5 Å². The van der Waals surface area contributed by atoms with Gasteiger partial charge in [-0.1, -0.05) is 26.0 Å². The van der Waals surface area contributed by atoms with Crippen LogP contribution in [-0.2, 0) is 6.54 Å². The van der Waals surface area contributed by atoms with Crippen molar-refractivity contribution in [2.24, 2.45) is 5.92 Å². The van der Waals surface area contributed by atoms with E-state index >= 15 is 0 Å². The molecule has 1 rings (SSSR count). The predicted molar refractivity (Wildman–Crippen MR) is 81.1 cm³/mol. The van der Waals surface area contributed by atoms with Crippen molar-refractivity contribution in [1.82, 2.24) is 5.32 Å². The summed E-state index contributed by atoms with van der Waals surface area (Å²) in [5.74, 6) is 0.476. The molecular formula is C16H27FN2. The molecule has 19 heavy (non-hydrogen) atoms. The number of benzene rings is 1. The average Bonchev–Trinajstić information content (AvgIpc) is 2.32. The Morgan fingerprint density at radius 2 is 1.89 bits per heavy atom. The minimum atomic E-state index is -0.126. The Hall–Kier alpha value is -1.09. The van der Waals surface area contributed by atoms with Gasteiger partial charge in [0.2, 0.25) is 0 Å². The average molecular weight is 266 g/mol. The van der Waals surface area contributed by atoms with Crippen molar-refractivity contribution >= 4 is 5.69 Å². The molecule has 0 saturated carbocycles. The molecule has 0 saturated heterocycles. The SMILES string of the molecule is CCN(c1c(F)cccc1CNCC(C)C)C(C)C. The maximum Gasteiger partial charge on any atom is 0.146 e. The first-order valence-corrected chi connectivity index (χ1v) is 7.22. The molecule has 0 fully saturated rings. The first kappa shape index (κ1) is 16.0. The zero-order chi connectivity index (χ0) is 14.4. The maximum absolute atomic E-state index is 14.2. The van der Waals surface area contributed by atoms with Crippen LogP contribution in [-0.4, -0.2) is 19.1 Å². The van der Waals surface area contributed by atoms with Crippen molar-refractivity contribution in [3.05, 3.63) is 29.6 Å². The van der Waals surface area contributed by atoms with Crippen molar-refractivity contribution in [3.63, 3.8) is 0 Å². The first-order chi connectivity index (χ1) is 8.97. The normalized spacial score (nSPS) is 11.4. The number of halogens is 1. The molecule has 0 aromatic heterocycles. The maximum atomic E-state index is 14.2. The molecule has 1 aromatic carbocycles. The summed E-state index contributed by atoms with van der Waals surface area (Å²) in [5, 5.41) is 3.39. The Morgan fingerprint density at radius 1 is 1.21 bits per heavy atom. The van der Waals surface area contributed by atoms with E-state index in [0.717, 1.165) is 24.3 Å². The lowest BCUT2D eigenvalue weighted by molar-refractivity contribution is 0.547. The molecule has 108 valence electrons. The van der Waals surface area contributed by atoms with E-state index in [2.05, 4.69) is 44.8 Å². The summed E-state index contributed by atoms with van der Waals surface area (Å²) in [6, 6.07) is 5.65. The van der Waals surface area contributed by atoms with Crippen LogP contribution in [0, 0.1) is 11.7 Å². The predicted octanol–water partition coefficient (Wildman–Crippen LogP) is 3.81. The highest BCUT2D eigenvalue weighted by atomic mass is 19.1. The van der Waals surface area contributed by atoms with Crippen LogP contribution >= 0.6 is 0 Å². The van der Waals surface area contributed by atoms with Crippen molar-refractivity contribution < 1.29 is 4.39 Å². The van der Waals surface area contributed by atoms with E-state index in [1.54, 1.807) is 12.1 Å². The van der Waals surface area contributed by atoms with Crippen LogP contribution in [0.4, 0.5) is 10.1 Å². The minimum Gasteiger partial charge on any atom is -0.367 e. The van der Waals surface area contributed by atoms with Gasteiger partial charge in [-0.2, -0.15) is 0 Å². The van der Waals surface area contributed by atoms with E-state index in [9.17, 15) is 4.39 Å². The van der Waals surface area contributed by atoms with Crippen LogP contribution in [0.1, 0.15) is 40.2 Å². The van der Waals surface area contributed by atoms with Crippen LogP contribution < -0.4 is 10.2 Å². The summed E-state index contributed by atoms with van der Waals surface area (Å²) >= 11 is 0. The molecule has 1 aromatic rings. The summed E-state index contributed by atoms with van der Waals surface area (Å²) < 4.78 is 14.2. The van der Waals surface area contributed by atoms with E-state index < -0.39 is 0 Å². The van der Waals surface area contributed by atoms with Gasteiger partial charge in [-0.15, -0.1) is 0 Å². The summed E-state index contributed by atoms with van der Waals surface area (Å²) in [6.07, 6.45) is 0. The largest absolute Gasteiger partial charge is 0.367 e. The fourth-order valence-corrected chi connectivity index (χ4v) is 2.30.